The molecule has 0 spiro atoms. The molecule has 4 saturated carbocycles. The van der Waals surface area contributed by atoms with Gasteiger partial charge in [-0.05, 0) is 127 Å². The van der Waals surface area contributed by atoms with Gasteiger partial charge in [0, 0.05) is 6.92 Å². The molecule has 4 fully saturated rings. The minimum Gasteiger partial charge on any atom is -0.463 e. The number of carbonyl (C=O) groups excluding carboxylic acids is 1. The van der Waals surface area contributed by atoms with Crippen LogP contribution in [0.5, 0.6) is 0 Å². The van der Waals surface area contributed by atoms with Crippen molar-refractivity contribution in [3.8, 4) is 0 Å². The number of carbonyl (C=O) groups is 1. The third kappa shape index (κ3) is 4.99. The van der Waals surface area contributed by atoms with Gasteiger partial charge in [-0.1, -0.05) is 87.5 Å². The van der Waals surface area contributed by atoms with Gasteiger partial charge in [-0.15, -0.1) is 0 Å². The number of allylic oxidation sites excluding steroid dienone is 1. The molecular formula is C38H50O2. The van der Waals surface area contributed by atoms with Gasteiger partial charge in [0.15, 0.2) is 0 Å². The SMILES string of the molecule is CC(=O)OC1CCC2(C)C(CCC3C2CCC2(C)C(C(C)CC=C(c4ccccc4)c4ccccc4)CCC32)C1. The molecular weight excluding hydrogens is 488 g/mol. The van der Waals surface area contributed by atoms with Gasteiger partial charge in [0.1, 0.15) is 6.10 Å². The maximum Gasteiger partial charge on any atom is 0.302 e. The van der Waals surface area contributed by atoms with Crippen LogP contribution in [0.2, 0.25) is 0 Å². The van der Waals surface area contributed by atoms with E-state index in [1.165, 1.54) is 61.6 Å². The molecule has 9 unspecified atom stereocenters. The zero-order valence-electron chi connectivity index (χ0n) is 25.3. The summed E-state index contributed by atoms with van der Waals surface area (Å²) in [7, 11) is 0. The lowest BCUT2D eigenvalue weighted by molar-refractivity contribution is -0.160. The average molecular weight is 539 g/mol. The van der Waals surface area contributed by atoms with E-state index in [9.17, 15) is 4.79 Å². The lowest BCUT2D eigenvalue weighted by atomic mass is 9.44. The summed E-state index contributed by atoms with van der Waals surface area (Å²) in [5, 5.41) is 0. The van der Waals surface area contributed by atoms with Crippen LogP contribution in [0.4, 0.5) is 0 Å². The van der Waals surface area contributed by atoms with Crippen LogP contribution in [-0.4, -0.2) is 12.1 Å². The first-order chi connectivity index (χ1) is 19.3. The summed E-state index contributed by atoms with van der Waals surface area (Å²) in [6, 6.07) is 21.9. The second-order valence-corrected chi connectivity index (χ2v) is 14.5. The highest BCUT2D eigenvalue weighted by Gasteiger charge is 2.60. The van der Waals surface area contributed by atoms with Crippen LogP contribution < -0.4 is 0 Å². The second-order valence-electron chi connectivity index (χ2n) is 14.5. The second kappa shape index (κ2) is 11.1. The average Bonchev–Trinajstić information content (AvgIpc) is 3.31. The number of fused-ring (bicyclic) bond motifs is 5. The van der Waals surface area contributed by atoms with E-state index < -0.39 is 0 Å². The summed E-state index contributed by atoms with van der Waals surface area (Å²) >= 11 is 0. The van der Waals surface area contributed by atoms with E-state index in [1.807, 2.05) is 0 Å². The van der Waals surface area contributed by atoms with Crippen LogP contribution in [-0.2, 0) is 9.53 Å². The van der Waals surface area contributed by atoms with Crippen LogP contribution in [0, 0.1) is 46.3 Å². The molecule has 2 nitrogen and oxygen atoms in total. The topological polar surface area (TPSA) is 26.3 Å². The molecule has 2 aromatic rings. The van der Waals surface area contributed by atoms with Crippen LogP contribution in [0.25, 0.3) is 5.57 Å². The molecule has 4 aliphatic rings. The van der Waals surface area contributed by atoms with Crippen molar-refractivity contribution in [2.75, 3.05) is 0 Å². The first-order valence-electron chi connectivity index (χ1n) is 16.3. The summed E-state index contributed by atoms with van der Waals surface area (Å²) in [4.78, 5) is 11.6. The van der Waals surface area contributed by atoms with Crippen LogP contribution in [0.1, 0.15) is 103 Å². The predicted octanol–water partition coefficient (Wildman–Crippen LogP) is 9.74. The smallest absolute Gasteiger partial charge is 0.302 e. The fourth-order valence-electron chi connectivity index (χ4n) is 10.6. The Bertz CT molecular complexity index is 1160. The molecule has 0 N–H and O–H groups in total. The van der Waals surface area contributed by atoms with Crippen LogP contribution in [0.15, 0.2) is 66.7 Å². The van der Waals surface area contributed by atoms with Gasteiger partial charge in [-0.3, -0.25) is 4.79 Å². The highest BCUT2D eigenvalue weighted by Crippen LogP contribution is 2.68. The van der Waals surface area contributed by atoms with Gasteiger partial charge in [0.25, 0.3) is 0 Å². The highest BCUT2D eigenvalue weighted by molar-refractivity contribution is 5.79. The van der Waals surface area contributed by atoms with Gasteiger partial charge in [-0.2, -0.15) is 0 Å². The van der Waals surface area contributed by atoms with Crippen molar-refractivity contribution in [1.82, 2.24) is 0 Å². The van der Waals surface area contributed by atoms with Crippen molar-refractivity contribution in [3.05, 3.63) is 77.9 Å². The summed E-state index contributed by atoms with van der Waals surface area (Å²) in [6.45, 7) is 9.43. The fraction of sp³-hybridized carbons (Fsp3) is 0.605. The van der Waals surface area contributed by atoms with E-state index in [4.69, 9.17) is 4.74 Å². The number of hydrogen-bond donors (Lipinski definition) is 0. The number of hydrogen-bond acceptors (Lipinski definition) is 2. The molecule has 6 rings (SSSR count). The Balaban J connectivity index is 1.18. The fourth-order valence-corrected chi connectivity index (χ4v) is 10.6. The van der Waals surface area contributed by atoms with Crippen molar-refractivity contribution in [1.29, 1.82) is 0 Å². The maximum atomic E-state index is 11.6. The minimum absolute atomic E-state index is 0.101. The number of ether oxygens (including phenoxy) is 1. The highest BCUT2D eigenvalue weighted by atomic mass is 16.5. The van der Waals surface area contributed by atoms with E-state index in [-0.39, 0.29) is 12.1 Å². The van der Waals surface area contributed by atoms with Crippen LogP contribution >= 0.6 is 0 Å². The molecule has 4 aliphatic carbocycles. The molecule has 0 amide bonds. The normalized spacial score (nSPS) is 37.4. The minimum atomic E-state index is -0.101. The van der Waals surface area contributed by atoms with E-state index in [1.54, 1.807) is 6.92 Å². The third-order valence-electron chi connectivity index (χ3n) is 12.6. The largest absolute Gasteiger partial charge is 0.463 e. The maximum absolute atomic E-state index is 11.6. The standard InChI is InChI=1S/C38H50O2/c1-26(15-17-32(28-11-7-5-8-12-28)29-13-9-6-10-14-29)34-19-20-35-33-18-16-30-25-31(40-27(2)39)21-23-37(30,3)36(33)22-24-38(34,35)4/h5-14,17,26,30-31,33-36H,15-16,18-25H2,1-4H3. The van der Waals surface area contributed by atoms with E-state index in [2.05, 4.69) is 87.5 Å². The van der Waals surface area contributed by atoms with Gasteiger partial charge in [0.05, 0.1) is 0 Å². The zero-order chi connectivity index (χ0) is 27.9. The predicted molar refractivity (Wildman–Crippen MR) is 165 cm³/mol. The monoisotopic (exact) mass is 538 g/mol. The van der Waals surface area contributed by atoms with Crippen molar-refractivity contribution < 1.29 is 9.53 Å². The van der Waals surface area contributed by atoms with Crippen molar-refractivity contribution in [2.45, 2.75) is 98.0 Å². The Hall–Kier alpha value is -2.35. The molecule has 0 heterocycles. The first kappa shape index (κ1) is 27.8. The Morgan fingerprint density at radius 1 is 0.850 bits per heavy atom. The number of benzene rings is 2. The van der Waals surface area contributed by atoms with Gasteiger partial charge < -0.3 is 4.74 Å². The molecule has 2 heteroatoms. The Labute approximate surface area is 243 Å². The molecule has 9 atom stereocenters. The molecule has 40 heavy (non-hydrogen) atoms. The molecule has 0 saturated heterocycles. The van der Waals surface area contributed by atoms with Crippen molar-refractivity contribution >= 4 is 11.5 Å². The van der Waals surface area contributed by atoms with E-state index >= 15 is 0 Å². The van der Waals surface area contributed by atoms with Gasteiger partial charge >= 0.3 is 5.97 Å². The van der Waals surface area contributed by atoms with Crippen LogP contribution in [0.3, 0.4) is 0 Å². The molecule has 0 aromatic heterocycles. The molecule has 0 radical (unpaired) electrons. The van der Waals surface area contributed by atoms with E-state index in [0.717, 1.165) is 48.9 Å². The van der Waals surface area contributed by atoms with Gasteiger partial charge in [-0.25, -0.2) is 0 Å². The molecule has 2 aromatic carbocycles. The Morgan fingerprint density at radius 2 is 1.48 bits per heavy atom. The quantitative estimate of drug-likeness (QED) is 0.342. The van der Waals surface area contributed by atoms with Crippen molar-refractivity contribution in [2.24, 2.45) is 46.3 Å². The van der Waals surface area contributed by atoms with Gasteiger partial charge in [0.2, 0.25) is 0 Å². The number of esters is 1. The number of rotatable bonds is 6. The Kier molecular flexibility index (Phi) is 7.75. The van der Waals surface area contributed by atoms with E-state index in [0.29, 0.717) is 16.7 Å². The first-order valence-corrected chi connectivity index (χ1v) is 16.3. The lowest BCUT2D eigenvalue weighted by Gasteiger charge is -2.61. The lowest BCUT2D eigenvalue weighted by Crippen LogP contribution is -2.54. The summed E-state index contributed by atoms with van der Waals surface area (Å²) in [5.41, 5.74) is 4.95. The summed E-state index contributed by atoms with van der Waals surface area (Å²) in [6.07, 6.45) is 15.6. The molecule has 0 aliphatic heterocycles. The zero-order valence-corrected chi connectivity index (χ0v) is 25.3. The third-order valence-corrected chi connectivity index (χ3v) is 12.6. The Morgan fingerprint density at radius 3 is 2.12 bits per heavy atom. The summed E-state index contributed by atoms with van der Waals surface area (Å²) in [5.74, 6) is 4.77. The summed E-state index contributed by atoms with van der Waals surface area (Å²) < 4.78 is 5.70. The van der Waals surface area contributed by atoms with Crippen molar-refractivity contribution in [3.63, 3.8) is 0 Å². The molecule has 214 valence electrons. The molecule has 0 bridgehead atoms.